The number of carboxylic acid groups (broad SMARTS) is 1. The number of hydrogen-bond donors (Lipinski definition) is 1. The van der Waals surface area contributed by atoms with Gasteiger partial charge in [0, 0.05) is 0 Å². The number of benzene rings is 1. The van der Waals surface area contributed by atoms with Gasteiger partial charge in [0.05, 0.1) is 10.8 Å². The van der Waals surface area contributed by atoms with E-state index >= 15 is 0 Å². The number of sulfone groups is 1. The van der Waals surface area contributed by atoms with E-state index in [9.17, 15) is 22.0 Å². The Labute approximate surface area is 102 Å². The fourth-order valence-electron chi connectivity index (χ4n) is 1.22. The smallest absolute Gasteiger partial charge is 0.335 e. The van der Waals surface area contributed by atoms with E-state index in [1.807, 2.05) is 0 Å². The van der Waals surface area contributed by atoms with Crippen molar-refractivity contribution < 1.29 is 27.1 Å². The van der Waals surface area contributed by atoms with Crippen LogP contribution in [0, 0.1) is 11.6 Å². The van der Waals surface area contributed by atoms with E-state index in [1.165, 1.54) is 6.92 Å². The first-order chi connectivity index (χ1) is 8.21. The lowest BCUT2D eigenvalue weighted by molar-refractivity contribution is 0.0696. The van der Waals surface area contributed by atoms with Crippen molar-refractivity contribution in [1.29, 1.82) is 0 Å². The minimum atomic E-state index is -4.19. The Kier molecular flexibility index (Phi) is 3.85. The fraction of sp³-hybridized carbons (Fsp3) is 0.182. The van der Waals surface area contributed by atoms with E-state index in [1.54, 1.807) is 0 Å². The van der Waals surface area contributed by atoms with Crippen LogP contribution in [0.3, 0.4) is 0 Å². The molecule has 1 atom stereocenters. The number of rotatable bonds is 4. The number of carbonyl (C=O) groups is 1. The molecule has 1 aromatic rings. The minimum absolute atomic E-state index is 0.426. The van der Waals surface area contributed by atoms with Crippen molar-refractivity contribution in [3.63, 3.8) is 0 Å². The normalized spacial score (nSPS) is 13.1. The molecule has 0 spiro atoms. The Bertz CT molecular complexity index is 608. The molecular formula is C11H10F2O4S. The van der Waals surface area contributed by atoms with Crippen LogP contribution >= 0.6 is 0 Å². The lowest BCUT2D eigenvalue weighted by atomic mass is 10.2. The molecule has 4 nitrogen and oxygen atoms in total. The second-order valence-electron chi connectivity index (χ2n) is 3.56. The second kappa shape index (κ2) is 4.85. The van der Waals surface area contributed by atoms with Crippen LogP contribution in [0.5, 0.6) is 0 Å². The maximum Gasteiger partial charge on any atom is 0.335 e. The molecule has 0 heterocycles. The Balaban J connectivity index is 3.59. The van der Waals surface area contributed by atoms with Gasteiger partial charge in [-0.05, 0) is 19.1 Å². The molecule has 0 bridgehead atoms. The monoisotopic (exact) mass is 276 g/mol. The van der Waals surface area contributed by atoms with Gasteiger partial charge in [-0.2, -0.15) is 0 Å². The van der Waals surface area contributed by atoms with E-state index in [2.05, 4.69) is 6.58 Å². The lowest BCUT2D eigenvalue weighted by Gasteiger charge is -2.10. The van der Waals surface area contributed by atoms with Gasteiger partial charge in [-0.25, -0.2) is 22.0 Å². The van der Waals surface area contributed by atoms with Gasteiger partial charge < -0.3 is 5.11 Å². The zero-order chi connectivity index (χ0) is 14.1. The molecule has 0 aliphatic rings. The van der Waals surface area contributed by atoms with Gasteiger partial charge in [0.2, 0.25) is 0 Å². The highest BCUT2D eigenvalue weighted by molar-refractivity contribution is 7.92. The van der Waals surface area contributed by atoms with Crippen molar-refractivity contribution in [3.8, 4) is 0 Å². The second-order valence-corrected chi connectivity index (χ2v) is 5.83. The molecule has 1 rings (SSSR count). The van der Waals surface area contributed by atoms with Crippen LogP contribution < -0.4 is 0 Å². The molecule has 0 aliphatic carbocycles. The summed E-state index contributed by atoms with van der Waals surface area (Å²) in [5, 5.41) is 7.53. The fourth-order valence-corrected chi connectivity index (χ4v) is 2.51. The van der Waals surface area contributed by atoms with Crippen LogP contribution in [-0.4, -0.2) is 24.7 Å². The van der Waals surface area contributed by atoms with Crippen LogP contribution in [0.25, 0.3) is 0 Å². The highest BCUT2D eigenvalue weighted by Crippen LogP contribution is 2.24. The van der Waals surface area contributed by atoms with Crippen LogP contribution in [-0.2, 0) is 9.84 Å². The lowest BCUT2D eigenvalue weighted by Crippen LogP contribution is -2.18. The molecule has 18 heavy (non-hydrogen) atoms. The summed E-state index contributed by atoms with van der Waals surface area (Å²) in [6.07, 6.45) is 1.04. The first kappa shape index (κ1) is 14.3. The number of halogens is 2. The van der Waals surface area contributed by atoms with Crippen molar-refractivity contribution in [3.05, 3.63) is 42.0 Å². The van der Waals surface area contributed by atoms with E-state index in [0.29, 0.717) is 12.1 Å². The average Bonchev–Trinajstić information content (AvgIpc) is 2.30. The summed E-state index contributed by atoms with van der Waals surface area (Å²) in [4.78, 5) is 9.70. The molecule has 7 heteroatoms. The molecule has 1 unspecified atom stereocenters. The summed E-state index contributed by atoms with van der Waals surface area (Å²) in [6.45, 7) is 4.48. The van der Waals surface area contributed by atoms with Gasteiger partial charge in [-0.3, -0.25) is 0 Å². The molecule has 98 valence electrons. The van der Waals surface area contributed by atoms with Crippen molar-refractivity contribution in [1.82, 2.24) is 0 Å². The third kappa shape index (κ3) is 2.40. The summed E-state index contributed by atoms with van der Waals surface area (Å²) in [5.74, 6) is -4.66. The minimum Gasteiger partial charge on any atom is -0.478 e. The van der Waals surface area contributed by atoms with Crippen LogP contribution in [0.1, 0.15) is 17.3 Å². The number of hydrogen-bond acceptors (Lipinski definition) is 3. The largest absolute Gasteiger partial charge is 0.478 e. The third-order valence-corrected chi connectivity index (χ3v) is 4.45. The molecule has 0 radical (unpaired) electrons. The predicted molar refractivity (Wildman–Crippen MR) is 60.2 cm³/mol. The Morgan fingerprint density at radius 2 is 2.00 bits per heavy atom. The summed E-state index contributed by atoms with van der Waals surface area (Å²) >= 11 is 0. The average molecular weight is 276 g/mol. The predicted octanol–water partition coefficient (Wildman–Crippen LogP) is 2.01. The maximum atomic E-state index is 13.5. The maximum absolute atomic E-state index is 13.5. The van der Waals surface area contributed by atoms with Gasteiger partial charge in [-0.1, -0.05) is 6.08 Å². The highest BCUT2D eigenvalue weighted by atomic mass is 32.2. The first-order valence-electron chi connectivity index (χ1n) is 4.80. The molecule has 0 aromatic heterocycles. The van der Waals surface area contributed by atoms with E-state index in [-0.39, 0.29) is 0 Å². The van der Waals surface area contributed by atoms with E-state index in [0.717, 1.165) is 6.08 Å². The van der Waals surface area contributed by atoms with Crippen LogP contribution in [0.2, 0.25) is 0 Å². The topological polar surface area (TPSA) is 71.4 Å². The van der Waals surface area contributed by atoms with E-state index < -0.39 is 43.1 Å². The van der Waals surface area contributed by atoms with Crippen molar-refractivity contribution >= 4 is 15.8 Å². The van der Waals surface area contributed by atoms with Crippen molar-refractivity contribution in [2.24, 2.45) is 0 Å². The molecule has 0 saturated carbocycles. The Morgan fingerprint density at radius 1 is 1.44 bits per heavy atom. The zero-order valence-corrected chi connectivity index (χ0v) is 10.2. The van der Waals surface area contributed by atoms with Gasteiger partial charge in [0.1, 0.15) is 4.90 Å². The zero-order valence-electron chi connectivity index (χ0n) is 9.35. The van der Waals surface area contributed by atoms with Crippen LogP contribution in [0.4, 0.5) is 8.78 Å². The van der Waals surface area contributed by atoms with Gasteiger partial charge >= 0.3 is 5.97 Å². The molecule has 0 saturated heterocycles. The number of carboxylic acids is 1. The Hall–Kier alpha value is -1.76. The van der Waals surface area contributed by atoms with Crippen molar-refractivity contribution in [2.75, 3.05) is 0 Å². The summed E-state index contributed by atoms with van der Waals surface area (Å²) in [7, 11) is -4.19. The van der Waals surface area contributed by atoms with Gasteiger partial charge in [0.15, 0.2) is 21.5 Å². The molecular weight excluding hydrogens is 266 g/mol. The molecule has 1 aromatic carbocycles. The summed E-state index contributed by atoms with van der Waals surface area (Å²) < 4.78 is 50.3. The SMILES string of the molecule is C=CC(C)S(=O)(=O)c1cc(C(=O)O)cc(F)c1F. The third-order valence-electron chi connectivity index (χ3n) is 2.37. The standard InChI is InChI=1S/C11H10F2O4S/c1-3-6(2)18(16,17)9-5-7(11(14)15)4-8(12)10(9)13/h3-6H,1H2,2H3,(H,14,15). The first-order valence-corrected chi connectivity index (χ1v) is 6.35. The molecule has 1 N–H and O–H groups in total. The summed E-state index contributed by atoms with van der Waals surface area (Å²) in [6, 6.07) is 1.02. The molecule has 0 fully saturated rings. The van der Waals surface area contributed by atoms with Crippen molar-refractivity contribution in [2.45, 2.75) is 17.1 Å². The van der Waals surface area contributed by atoms with Gasteiger partial charge in [0.25, 0.3) is 0 Å². The summed E-state index contributed by atoms with van der Waals surface area (Å²) in [5.41, 5.74) is -0.635. The Morgan fingerprint density at radius 3 is 2.44 bits per heavy atom. The van der Waals surface area contributed by atoms with E-state index in [4.69, 9.17) is 5.11 Å². The van der Waals surface area contributed by atoms with Gasteiger partial charge in [-0.15, -0.1) is 6.58 Å². The quantitative estimate of drug-likeness (QED) is 0.854. The molecule has 0 amide bonds. The highest BCUT2D eigenvalue weighted by Gasteiger charge is 2.28. The number of aromatic carboxylic acids is 1. The van der Waals surface area contributed by atoms with Crippen LogP contribution in [0.15, 0.2) is 29.7 Å². The molecule has 0 aliphatic heterocycles.